The molecule has 1 saturated heterocycles. The van der Waals surface area contributed by atoms with Gasteiger partial charge < -0.3 is 10.0 Å². The molecule has 0 aromatic heterocycles. The Balaban J connectivity index is 2.00. The molecule has 0 atom stereocenters. The fourth-order valence-corrected chi connectivity index (χ4v) is 2.42. The van der Waals surface area contributed by atoms with Gasteiger partial charge >= 0.3 is 12.3 Å². The summed E-state index contributed by atoms with van der Waals surface area (Å²) in [7, 11) is 0. The number of hydrogen-bond acceptors (Lipinski definition) is 2. The lowest BCUT2D eigenvalue weighted by atomic mass is 10.1. The van der Waals surface area contributed by atoms with Gasteiger partial charge in [0.05, 0.1) is 5.56 Å². The van der Waals surface area contributed by atoms with Crippen molar-refractivity contribution in [3.63, 3.8) is 0 Å². The molecule has 0 radical (unpaired) electrons. The number of benzene rings is 1. The van der Waals surface area contributed by atoms with Crippen LogP contribution >= 0.6 is 0 Å². The van der Waals surface area contributed by atoms with Crippen LogP contribution in [0.25, 0.3) is 0 Å². The summed E-state index contributed by atoms with van der Waals surface area (Å²) in [6, 6.07) is 5.27. The van der Waals surface area contributed by atoms with Gasteiger partial charge in [-0.05, 0) is 18.1 Å². The molecule has 7 heteroatoms. The van der Waals surface area contributed by atoms with Crippen molar-refractivity contribution in [3.8, 4) is 0 Å². The molecular formula is C14H17F3N2O2. The summed E-state index contributed by atoms with van der Waals surface area (Å²) in [4.78, 5) is 14.2. The molecule has 21 heavy (non-hydrogen) atoms. The molecule has 1 heterocycles. The average Bonchev–Trinajstić information content (AvgIpc) is 2.64. The van der Waals surface area contributed by atoms with Crippen LogP contribution in [-0.4, -0.2) is 47.2 Å². The van der Waals surface area contributed by atoms with Crippen molar-refractivity contribution in [2.75, 3.05) is 26.2 Å². The summed E-state index contributed by atoms with van der Waals surface area (Å²) in [6.45, 7) is 2.46. The zero-order valence-electron chi connectivity index (χ0n) is 11.4. The first kappa shape index (κ1) is 15.6. The summed E-state index contributed by atoms with van der Waals surface area (Å²) in [5, 5.41) is 8.95. The second-order valence-electron chi connectivity index (χ2n) is 5.10. The molecular weight excluding hydrogens is 285 g/mol. The van der Waals surface area contributed by atoms with Gasteiger partial charge in [-0.1, -0.05) is 18.2 Å². The van der Waals surface area contributed by atoms with Gasteiger partial charge in [0.25, 0.3) is 0 Å². The lowest BCUT2D eigenvalue weighted by Gasteiger charge is -2.21. The Bertz CT molecular complexity index is 505. The van der Waals surface area contributed by atoms with E-state index < -0.39 is 17.8 Å². The van der Waals surface area contributed by atoms with Crippen LogP contribution in [0.3, 0.4) is 0 Å². The van der Waals surface area contributed by atoms with E-state index in [0.717, 1.165) is 12.1 Å². The van der Waals surface area contributed by atoms with E-state index in [1.165, 1.54) is 11.0 Å². The quantitative estimate of drug-likeness (QED) is 0.913. The first-order valence-corrected chi connectivity index (χ1v) is 6.72. The van der Waals surface area contributed by atoms with E-state index in [-0.39, 0.29) is 0 Å². The molecule has 1 aliphatic heterocycles. The Morgan fingerprint density at radius 3 is 2.62 bits per heavy atom. The summed E-state index contributed by atoms with van der Waals surface area (Å²) in [6.07, 6.45) is -4.60. The summed E-state index contributed by atoms with van der Waals surface area (Å²) < 4.78 is 38.0. The zero-order valence-corrected chi connectivity index (χ0v) is 11.4. The van der Waals surface area contributed by atoms with Crippen molar-refractivity contribution in [1.82, 2.24) is 9.80 Å². The van der Waals surface area contributed by atoms with Crippen LogP contribution in [0, 0.1) is 0 Å². The SMILES string of the molecule is O=C(O)N1CCCN(Cc2cccc(C(F)(F)F)c2)CC1. The standard InChI is InChI=1S/C14H17F3N2O2/c15-14(16,17)12-4-1-3-11(9-12)10-18-5-2-6-19(8-7-18)13(20)21/h1,3-4,9H,2,5-8,10H2,(H,20,21). The fraction of sp³-hybridized carbons (Fsp3) is 0.500. The highest BCUT2D eigenvalue weighted by atomic mass is 19.4. The van der Waals surface area contributed by atoms with Crippen molar-refractivity contribution < 1.29 is 23.1 Å². The van der Waals surface area contributed by atoms with Gasteiger partial charge in [-0.2, -0.15) is 13.2 Å². The number of hydrogen-bond donors (Lipinski definition) is 1. The molecule has 1 aliphatic rings. The van der Waals surface area contributed by atoms with Crippen LogP contribution in [0.1, 0.15) is 17.5 Å². The van der Waals surface area contributed by atoms with Crippen molar-refractivity contribution in [3.05, 3.63) is 35.4 Å². The average molecular weight is 302 g/mol. The third kappa shape index (κ3) is 4.35. The Hall–Kier alpha value is -1.76. The topological polar surface area (TPSA) is 43.8 Å². The monoisotopic (exact) mass is 302 g/mol. The highest BCUT2D eigenvalue weighted by Crippen LogP contribution is 2.29. The van der Waals surface area contributed by atoms with Crippen molar-refractivity contribution >= 4 is 6.09 Å². The van der Waals surface area contributed by atoms with Gasteiger partial charge in [0.1, 0.15) is 0 Å². The molecule has 2 rings (SSSR count). The number of halogens is 3. The minimum atomic E-state index is -4.34. The molecule has 0 bridgehead atoms. The molecule has 0 unspecified atom stereocenters. The van der Waals surface area contributed by atoms with Crippen LogP contribution in [0.4, 0.5) is 18.0 Å². The minimum absolute atomic E-state index is 0.383. The third-order valence-electron chi connectivity index (χ3n) is 3.52. The van der Waals surface area contributed by atoms with Gasteiger partial charge in [0.15, 0.2) is 0 Å². The number of amides is 1. The van der Waals surface area contributed by atoms with Crippen molar-refractivity contribution in [2.24, 2.45) is 0 Å². The Labute approximate surface area is 120 Å². The van der Waals surface area contributed by atoms with Crippen LogP contribution in [-0.2, 0) is 12.7 Å². The van der Waals surface area contributed by atoms with E-state index in [1.54, 1.807) is 6.07 Å². The number of nitrogens with zero attached hydrogens (tertiary/aromatic N) is 2. The summed E-state index contributed by atoms with van der Waals surface area (Å²) in [5.74, 6) is 0. The zero-order chi connectivity index (χ0) is 15.5. The van der Waals surface area contributed by atoms with Crippen LogP contribution < -0.4 is 0 Å². The van der Waals surface area contributed by atoms with Gasteiger partial charge in [-0.3, -0.25) is 4.90 Å². The molecule has 1 N–H and O–H groups in total. The molecule has 116 valence electrons. The van der Waals surface area contributed by atoms with Crippen LogP contribution in [0.15, 0.2) is 24.3 Å². The largest absolute Gasteiger partial charge is 0.465 e. The second-order valence-corrected chi connectivity index (χ2v) is 5.10. The van der Waals surface area contributed by atoms with E-state index in [4.69, 9.17) is 5.11 Å². The number of carboxylic acid groups (broad SMARTS) is 1. The third-order valence-corrected chi connectivity index (χ3v) is 3.52. The Kier molecular flexibility index (Phi) is 4.72. The lowest BCUT2D eigenvalue weighted by molar-refractivity contribution is -0.137. The Morgan fingerprint density at radius 1 is 1.19 bits per heavy atom. The van der Waals surface area contributed by atoms with E-state index in [0.29, 0.717) is 44.7 Å². The molecule has 4 nitrogen and oxygen atoms in total. The molecule has 1 aromatic rings. The maximum Gasteiger partial charge on any atom is 0.416 e. The van der Waals surface area contributed by atoms with E-state index >= 15 is 0 Å². The van der Waals surface area contributed by atoms with E-state index in [1.807, 2.05) is 4.90 Å². The Morgan fingerprint density at radius 2 is 1.95 bits per heavy atom. The molecule has 1 aromatic carbocycles. The van der Waals surface area contributed by atoms with Crippen molar-refractivity contribution in [2.45, 2.75) is 19.1 Å². The maximum atomic E-state index is 12.7. The highest BCUT2D eigenvalue weighted by molar-refractivity contribution is 5.64. The maximum absolute atomic E-state index is 12.7. The first-order valence-electron chi connectivity index (χ1n) is 6.72. The van der Waals surface area contributed by atoms with Gasteiger partial charge in [-0.15, -0.1) is 0 Å². The molecule has 0 spiro atoms. The van der Waals surface area contributed by atoms with Crippen molar-refractivity contribution in [1.29, 1.82) is 0 Å². The predicted octanol–water partition coefficient (Wildman–Crippen LogP) is 2.89. The fourth-order valence-electron chi connectivity index (χ4n) is 2.42. The number of carbonyl (C=O) groups is 1. The molecule has 0 aliphatic carbocycles. The normalized spacial score (nSPS) is 17.6. The molecule has 1 fully saturated rings. The second kappa shape index (κ2) is 6.34. The lowest BCUT2D eigenvalue weighted by Crippen LogP contribution is -2.33. The number of rotatable bonds is 2. The van der Waals surface area contributed by atoms with Gasteiger partial charge in [0.2, 0.25) is 0 Å². The highest BCUT2D eigenvalue weighted by Gasteiger charge is 2.30. The summed E-state index contributed by atoms with van der Waals surface area (Å²) >= 11 is 0. The van der Waals surface area contributed by atoms with Gasteiger partial charge in [0, 0.05) is 32.7 Å². The summed E-state index contributed by atoms with van der Waals surface area (Å²) in [5.41, 5.74) is -0.0596. The van der Waals surface area contributed by atoms with Crippen LogP contribution in [0.2, 0.25) is 0 Å². The number of alkyl halides is 3. The molecule has 0 saturated carbocycles. The smallest absolute Gasteiger partial charge is 0.416 e. The first-order chi connectivity index (χ1) is 9.86. The van der Waals surface area contributed by atoms with E-state index in [2.05, 4.69) is 0 Å². The molecule has 1 amide bonds. The predicted molar refractivity (Wildman–Crippen MR) is 70.9 cm³/mol. The van der Waals surface area contributed by atoms with E-state index in [9.17, 15) is 18.0 Å². The van der Waals surface area contributed by atoms with Crippen LogP contribution in [0.5, 0.6) is 0 Å². The minimum Gasteiger partial charge on any atom is -0.465 e. The van der Waals surface area contributed by atoms with Gasteiger partial charge in [-0.25, -0.2) is 4.79 Å².